The van der Waals surface area contributed by atoms with Gasteiger partial charge in [0.25, 0.3) is 0 Å². The molecule has 2 heteroatoms. The Hall–Kier alpha value is -0.790. The van der Waals surface area contributed by atoms with E-state index in [1.807, 2.05) is 0 Å². The summed E-state index contributed by atoms with van der Waals surface area (Å²) in [6, 6.07) is 0. The topological polar surface area (TPSA) is 26.3 Å². The number of esters is 1. The highest BCUT2D eigenvalue weighted by atomic mass is 16.5. The Morgan fingerprint density at radius 1 is 1.24 bits per heavy atom. The minimum atomic E-state index is -0.119. The molecule has 2 nitrogen and oxygen atoms in total. The van der Waals surface area contributed by atoms with Gasteiger partial charge in [0.05, 0.1) is 7.11 Å². The van der Waals surface area contributed by atoms with Crippen molar-refractivity contribution < 1.29 is 9.53 Å². The number of ether oxygens (including phenoxy) is 1. The summed E-state index contributed by atoms with van der Waals surface area (Å²) in [6.07, 6.45) is 13.0. The van der Waals surface area contributed by atoms with E-state index in [1.54, 1.807) is 0 Å². The SMILES string of the molecule is CCCCC/C(=C\C1CCCCC1)C(=O)OC. The molecule has 0 unspecified atom stereocenters. The molecule has 0 aromatic carbocycles. The molecule has 0 radical (unpaired) electrons. The van der Waals surface area contributed by atoms with Crippen LogP contribution in [0.5, 0.6) is 0 Å². The molecule has 1 saturated carbocycles. The minimum Gasteiger partial charge on any atom is -0.466 e. The van der Waals surface area contributed by atoms with E-state index >= 15 is 0 Å². The third-order valence-corrected chi connectivity index (χ3v) is 3.58. The Morgan fingerprint density at radius 2 is 1.94 bits per heavy atom. The standard InChI is InChI=1S/C15H26O2/c1-3-4-6-11-14(15(16)17-2)12-13-9-7-5-8-10-13/h12-13H,3-11H2,1-2H3/b14-12+. The van der Waals surface area contributed by atoms with Crippen LogP contribution >= 0.6 is 0 Å². The highest BCUT2D eigenvalue weighted by molar-refractivity contribution is 5.88. The van der Waals surface area contributed by atoms with Crippen LogP contribution in [0, 0.1) is 5.92 Å². The van der Waals surface area contributed by atoms with E-state index in [1.165, 1.54) is 52.1 Å². The van der Waals surface area contributed by atoms with Gasteiger partial charge in [0.2, 0.25) is 0 Å². The van der Waals surface area contributed by atoms with Gasteiger partial charge in [-0.2, -0.15) is 0 Å². The van der Waals surface area contributed by atoms with Gasteiger partial charge in [-0.3, -0.25) is 0 Å². The summed E-state index contributed by atoms with van der Waals surface area (Å²) in [5.41, 5.74) is 0.910. The maximum atomic E-state index is 11.7. The maximum absolute atomic E-state index is 11.7. The lowest BCUT2D eigenvalue weighted by Gasteiger charge is -2.19. The van der Waals surface area contributed by atoms with Crippen molar-refractivity contribution in [3.63, 3.8) is 0 Å². The van der Waals surface area contributed by atoms with Gasteiger partial charge in [-0.15, -0.1) is 0 Å². The monoisotopic (exact) mass is 238 g/mol. The number of unbranched alkanes of at least 4 members (excludes halogenated alkanes) is 2. The first-order chi connectivity index (χ1) is 8.27. The molecular weight excluding hydrogens is 212 g/mol. The van der Waals surface area contributed by atoms with E-state index in [0.717, 1.165) is 18.4 Å². The van der Waals surface area contributed by atoms with Crippen LogP contribution in [-0.4, -0.2) is 13.1 Å². The summed E-state index contributed by atoms with van der Waals surface area (Å²) >= 11 is 0. The van der Waals surface area contributed by atoms with Crippen molar-refractivity contribution in [2.24, 2.45) is 5.92 Å². The fraction of sp³-hybridized carbons (Fsp3) is 0.800. The summed E-state index contributed by atoms with van der Waals surface area (Å²) in [5, 5.41) is 0. The van der Waals surface area contributed by atoms with Crippen LogP contribution in [0.2, 0.25) is 0 Å². The highest BCUT2D eigenvalue weighted by Crippen LogP contribution is 2.27. The Labute approximate surface area is 105 Å². The van der Waals surface area contributed by atoms with Gasteiger partial charge >= 0.3 is 5.97 Å². The van der Waals surface area contributed by atoms with Crippen LogP contribution in [-0.2, 0) is 9.53 Å². The fourth-order valence-electron chi connectivity index (χ4n) is 2.54. The average Bonchev–Trinajstić information content (AvgIpc) is 2.38. The number of methoxy groups -OCH3 is 1. The van der Waals surface area contributed by atoms with Gasteiger partial charge < -0.3 is 4.74 Å². The minimum absolute atomic E-state index is 0.119. The van der Waals surface area contributed by atoms with Gasteiger partial charge in [-0.25, -0.2) is 4.79 Å². The van der Waals surface area contributed by atoms with Crippen molar-refractivity contribution >= 4 is 5.97 Å². The van der Waals surface area contributed by atoms with Gasteiger partial charge in [0.15, 0.2) is 0 Å². The average molecular weight is 238 g/mol. The molecule has 0 aliphatic heterocycles. The number of allylic oxidation sites excluding steroid dienone is 1. The highest BCUT2D eigenvalue weighted by Gasteiger charge is 2.15. The van der Waals surface area contributed by atoms with E-state index in [4.69, 9.17) is 4.74 Å². The lowest BCUT2D eigenvalue weighted by atomic mass is 9.87. The summed E-state index contributed by atoms with van der Waals surface area (Å²) in [5.74, 6) is 0.492. The Bertz CT molecular complexity index is 250. The third kappa shape index (κ3) is 5.38. The second kappa shape index (κ2) is 8.32. The first-order valence-electron chi connectivity index (χ1n) is 7.07. The van der Waals surface area contributed by atoms with Crippen LogP contribution < -0.4 is 0 Å². The van der Waals surface area contributed by atoms with E-state index in [-0.39, 0.29) is 5.97 Å². The van der Waals surface area contributed by atoms with Gasteiger partial charge in [-0.05, 0) is 31.6 Å². The zero-order valence-electron chi connectivity index (χ0n) is 11.3. The number of hydrogen-bond acceptors (Lipinski definition) is 2. The smallest absolute Gasteiger partial charge is 0.333 e. The van der Waals surface area contributed by atoms with Gasteiger partial charge in [0.1, 0.15) is 0 Å². The molecule has 17 heavy (non-hydrogen) atoms. The molecule has 0 atom stereocenters. The van der Waals surface area contributed by atoms with Crippen LogP contribution in [0.15, 0.2) is 11.6 Å². The largest absolute Gasteiger partial charge is 0.466 e. The summed E-state index contributed by atoms with van der Waals surface area (Å²) in [4.78, 5) is 11.7. The van der Waals surface area contributed by atoms with Gasteiger partial charge in [-0.1, -0.05) is 45.1 Å². The van der Waals surface area contributed by atoms with Crippen molar-refractivity contribution in [2.75, 3.05) is 7.11 Å². The lowest BCUT2D eigenvalue weighted by Crippen LogP contribution is -2.10. The zero-order chi connectivity index (χ0) is 12.5. The fourth-order valence-corrected chi connectivity index (χ4v) is 2.54. The van der Waals surface area contributed by atoms with Crippen molar-refractivity contribution in [2.45, 2.75) is 64.7 Å². The van der Waals surface area contributed by atoms with Crippen molar-refractivity contribution in [3.8, 4) is 0 Å². The van der Waals surface area contributed by atoms with Crippen LogP contribution in [0.25, 0.3) is 0 Å². The molecule has 0 N–H and O–H groups in total. The zero-order valence-corrected chi connectivity index (χ0v) is 11.3. The molecule has 1 aliphatic rings. The molecule has 0 bridgehead atoms. The second-order valence-corrected chi connectivity index (χ2v) is 5.04. The molecular formula is C15H26O2. The molecule has 0 amide bonds. The van der Waals surface area contributed by atoms with Crippen LogP contribution in [0.3, 0.4) is 0 Å². The predicted octanol–water partition coefficient (Wildman–Crippen LogP) is 4.25. The van der Waals surface area contributed by atoms with E-state index in [0.29, 0.717) is 5.92 Å². The van der Waals surface area contributed by atoms with Crippen molar-refractivity contribution in [1.82, 2.24) is 0 Å². The second-order valence-electron chi connectivity index (χ2n) is 5.04. The Balaban J connectivity index is 2.53. The molecule has 98 valence electrons. The molecule has 0 saturated heterocycles. The van der Waals surface area contributed by atoms with Crippen LogP contribution in [0.1, 0.15) is 64.7 Å². The molecule has 0 heterocycles. The number of hydrogen-bond donors (Lipinski definition) is 0. The third-order valence-electron chi connectivity index (χ3n) is 3.58. The maximum Gasteiger partial charge on any atom is 0.333 e. The first kappa shape index (κ1) is 14.3. The lowest BCUT2D eigenvalue weighted by molar-refractivity contribution is -0.136. The molecule has 1 rings (SSSR count). The number of carbonyl (C=O) groups excluding carboxylic acids is 1. The molecule has 0 aromatic heterocycles. The van der Waals surface area contributed by atoms with E-state index < -0.39 is 0 Å². The summed E-state index contributed by atoms with van der Waals surface area (Å²) < 4.78 is 4.88. The first-order valence-corrected chi connectivity index (χ1v) is 7.07. The summed E-state index contributed by atoms with van der Waals surface area (Å²) in [6.45, 7) is 2.18. The Kier molecular flexibility index (Phi) is 6.99. The van der Waals surface area contributed by atoms with Crippen LogP contribution in [0.4, 0.5) is 0 Å². The molecule has 1 fully saturated rings. The molecule has 1 aliphatic carbocycles. The normalized spacial score (nSPS) is 18.1. The molecule has 0 spiro atoms. The Morgan fingerprint density at radius 3 is 2.53 bits per heavy atom. The molecule has 0 aromatic rings. The summed E-state index contributed by atoms with van der Waals surface area (Å²) in [7, 11) is 1.48. The number of carbonyl (C=O) groups is 1. The van der Waals surface area contributed by atoms with Gasteiger partial charge in [0, 0.05) is 5.57 Å². The van der Waals surface area contributed by atoms with Crippen molar-refractivity contribution in [1.29, 1.82) is 0 Å². The quantitative estimate of drug-likeness (QED) is 0.393. The van der Waals surface area contributed by atoms with Crippen molar-refractivity contribution in [3.05, 3.63) is 11.6 Å². The predicted molar refractivity (Wildman–Crippen MR) is 70.8 cm³/mol. The number of rotatable bonds is 6. The van der Waals surface area contributed by atoms with E-state index in [9.17, 15) is 4.79 Å². The van der Waals surface area contributed by atoms with E-state index in [2.05, 4.69) is 13.0 Å².